The number of ether oxygens (including phenoxy) is 1. The Labute approximate surface area is 129 Å². The van der Waals surface area contributed by atoms with Crippen LogP contribution >= 0.6 is 11.6 Å². The molecule has 108 valence electrons. The molecule has 1 heterocycles. The van der Waals surface area contributed by atoms with Crippen molar-refractivity contribution in [3.05, 3.63) is 65.3 Å². The Bertz CT molecular complexity index is 748. The van der Waals surface area contributed by atoms with Gasteiger partial charge in [-0.3, -0.25) is 0 Å². The van der Waals surface area contributed by atoms with Gasteiger partial charge in [0, 0.05) is 28.7 Å². The van der Waals surface area contributed by atoms with Crippen LogP contribution in [0, 0.1) is 0 Å². The van der Waals surface area contributed by atoms with E-state index in [9.17, 15) is 0 Å². The van der Waals surface area contributed by atoms with Gasteiger partial charge in [-0.05, 0) is 42.3 Å². The third-order valence-corrected chi connectivity index (χ3v) is 3.88. The fourth-order valence-corrected chi connectivity index (χ4v) is 2.63. The third-order valence-electron chi connectivity index (χ3n) is 3.51. The highest BCUT2D eigenvalue weighted by Gasteiger charge is 2.05. The normalized spacial score (nSPS) is 11.0. The minimum absolute atomic E-state index is 0.756. The van der Waals surface area contributed by atoms with Gasteiger partial charge in [0.05, 0.1) is 6.61 Å². The van der Waals surface area contributed by atoms with E-state index in [0.717, 1.165) is 35.9 Å². The van der Waals surface area contributed by atoms with Crippen molar-refractivity contribution < 1.29 is 4.74 Å². The Morgan fingerprint density at radius 3 is 2.76 bits per heavy atom. The summed E-state index contributed by atoms with van der Waals surface area (Å²) in [6, 6.07) is 16.3. The summed E-state index contributed by atoms with van der Waals surface area (Å²) in [4.78, 5) is 0. The lowest BCUT2D eigenvalue weighted by molar-refractivity contribution is 0.318. The number of benzene rings is 2. The summed E-state index contributed by atoms with van der Waals surface area (Å²) in [7, 11) is 0. The molecule has 1 aromatic heterocycles. The summed E-state index contributed by atoms with van der Waals surface area (Å²) in [5.74, 6) is 0.930. The van der Waals surface area contributed by atoms with Crippen LogP contribution < -0.4 is 4.74 Å². The molecule has 0 amide bonds. The van der Waals surface area contributed by atoms with Crippen LogP contribution in [-0.2, 0) is 6.54 Å². The highest BCUT2D eigenvalue weighted by molar-refractivity contribution is 6.31. The topological polar surface area (TPSA) is 14.2 Å². The predicted octanol–water partition coefficient (Wildman–Crippen LogP) is 5.13. The van der Waals surface area contributed by atoms with E-state index < -0.39 is 0 Å². The quantitative estimate of drug-likeness (QED) is 0.637. The zero-order valence-electron chi connectivity index (χ0n) is 12.1. The maximum absolute atomic E-state index is 6.24. The van der Waals surface area contributed by atoms with Crippen molar-refractivity contribution in [3.63, 3.8) is 0 Å². The smallest absolute Gasteiger partial charge is 0.120 e. The fraction of sp³-hybridized carbons (Fsp3) is 0.222. The van der Waals surface area contributed by atoms with Crippen molar-refractivity contribution in [1.82, 2.24) is 4.57 Å². The van der Waals surface area contributed by atoms with Gasteiger partial charge < -0.3 is 9.30 Å². The maximum atomic E-state index is 6.24. The van der Waals surface area contributed by atoms with Crippen LogP contribution in [0.2, 0.25) is 5.02 Å². The molecule has 0 atom stereocenters. The van der Waals surface area contributed by atoms with Crippen LogP contribution in [0.5, 0.6) is 5.75 Å². The van der Waals surface area contributed by atoms with Crippen LogP contribution in [0.25, 0.3) is 10.9 Å². The Morgan fingerprint density at radius 1 is 1.10 bits per heavy atom. The molecular formula is C18H18ClNO. The van der Waals surface area contributed by atoms with Crippen LogP contribution in [0.4, 0.5) is 0 Å². The summed E-state index contributed by atoms with van der Waals surface area (Å²) in [5, 5.41) is 2.00. The molecule has 2 nitrogen and oxygen atoms in total. The first-order valence-corrected chi connectivity index (χ1v) is 7.61. The molecule has 3 heteroatoms. The van der Waals surface area contributed by atoms with Crippen LogP contribution in [0.15, 0.2) is 54.7 Å². The molecule has 0 saturated heterocycles. The number of nitrogens with zero attached hydrogens (tertiary/aromatic N) is 1. The number of rotatable bonds is 5. The summed E-state index contributed by atoms with van der Waals surface area (Å²) < 4.78 is 7.89. The van der Waals surface area contributed by atoms with Gasteiger partial charge in [0.2, 0.25) is 0 Å². The van der Waals surface area contributed by atoms with E-state index in [1.807, 2.05) is 24.3 Å². The van der Waals surface area contributed by atoms with E-state index in [1.165, 1.54) is 10.9 Å². The summed E-state index contributed by atoms with van der Waals surface area (Å²) >= 11 is 6.24. The Balaban J connectivity index is 1.88. The SMILES string of the molecule is CCCOc1ccc2c(ccn2Cc2ccccc2Cl)c1. The molecule has 0 unspecified atom stereocenters. The van der Waals surface area contributed by atoms with Crippen molar-refractivity contribution in [2.24, 2.45) is 0 Å². The lowest BCUT2D eigenvalue weighted by atomic mass is 10.2. The third kappa shape index (κ3) is 3.06. The monoisotopic (exact) mass is 299 g/mol. The lowest BCUT2D eigenvalue weighted by Crippen LogP contribution is -1.99. The second-order valence-corrected chi connectivity index (χ2v) is 5.51. The van der Waals surface area contributed by atoms with Gasteiger partial charge in [-0.2, -0.15) is 0 Å². The van der Waals surface area contributed by atoms with Crippen molar-refractivity contribution in [2.75, 3.05) is 6.61 Å². The first kappa shape index (κ1) is 14.0. The van der Waals surface area contributed by atoms with Crippen molar-refractivity contribution >= 4 is 22.5 Å². The summed E-state index contributed by atoms with van der Waals surface area (Å²) in [6.07, 6.45) is 3.11. The molecule has 0 aliphatic rings. The first-order valence-electron chi connectivity index (χ1n) is 7.23. The molecule has 0 aliphatic heterocycles. The van der Waals surface area contributed by atoms with Crippen molar-refractivity contribution in [3.8, 4) is 5.75 Å². The van der Waals surface area contributed by atoms with E-state index in [-0.39, 0.29) is 0 Å². The molecule has 2 aromatic carbocycles. The molecule has 0 bridgehead atoms. The first-order chi connectivity index (χ1) is 10.3. The fourth-order valence-electron chi connectivity index (χ4n) is 2.44. The standard InChI is InChI=1S/C18H18ClNO/c1-2-11-21-16-7-8-18-14(12-16)9-10-20(18)13-15-5-3-4-6-17(15)19/h3-10,12H,2,11,13H2,1H3. The molecule has 3 aromatic rings. The Morgan fingerprint density at radius 2 is 1.95 bits per heavy atom. The van der Waals surface area contributed by atoms with Crippen molar-refractivity contribution in [2.45, 2.75) is 19.9 Å². The van der Waals surface area contributed by atoms with Gasteiger partial charge in [0.25, 0.3) is 0 Å². The molecule has 0 saturated carbocycles. The van der Waals surface area contributed by atoms with E-state index in [2.05, 4.69) is 42.0 Å². The number of hydrogen-bond donors (Lipinski definition) is 0. The molecule has 0 radical (unpaired) electrons. The van der Waals surface area contributed by atoms with E-state index in [4.69, 9.17) is 16.3 Å². The second-order valence-electron chi connectivity index (χ2n) is 5.10. The predicted molar refractivity (Wildman–Crippen MR) is 88.3 cm³/mol. The van der Waals surface area contributed by atoms with Crippen LogP contribution in [-0.4, -0.2) is 11.2 Å². The highest BCUT2D eigenvalue weighted by Crippen LogP contribution is 2.24. The van der Waals surface area contributed by atoms with Crippen LogP contribution in [0.1, 0.15) is 18.9 Å². The summed E-state index contributed by atoms with van der Waals surface area (Å²) in [5.41, 5.74) is 2.32. The van der Waals surface area contributed by atoms with Crippen molar-refractivity contribution in [1.29, 1.82) is 0 Å². The van der Waals surface area contributed by atoms with Gasteiger partial charge in [0.15, 0.2) is 0 Å². The molecule has 0 spiro atoms. The Kier molecular flexibility index (Phi) is 4.16. The second kappa shape index (κ2) is 6.23. The minimum atomic E-state index is 0.756. The number of hydrogen-bond acceptors (Lipinski definition) is 1. The molecule has 0 aliphatic carbocycles. The van der Waals surface area contributed by atoms with E-state index >= 15 is 0 Å². The maximum Gasteiger partial charge on any atom is 0.120 e. The van der Waals surface area contributed by atoms with Gasteiger partial charge in [-0.15, -0.1) is 0 Å². The zero-order chi connectivity index (χ0) is 14.7. The molecule has 0 fully saturated rings. The van der Waals surface area contributed by atoms with Gasteiger partial charge >= 0.3 is 0 Å². The highest BCUT2D eigenvalue weighted by atomic mass is 35.5. The average molecular weight is 300 g/mol. The zero-order valence-corrected chi connectivity index (χ0v) is 12.8. The number of aromatic nitrogens is 1. The molecule has 0 N–H and O–H groups in total. The van der Waals surface area contributed by atoms with E-state index in [1.54, 1.807) is 0 Å². The number of halogens is 1. The summed E-state index contributed by atoms with van der Waals surface area (Å²) in [6.45, 7) is 3.64. The number of fused-ring (bicyclic) bond motifs is 1. The average Bonchev–Trinajstić information content (AvgIpc) is 2.90. The van der Waals surface area contributed by atoms with Crippen LogP contribution in [0.3, 0.4) is 0 Å². The van der Waals surface area contributed by atoms with Gasteiger partial charge in [0.1, 0.15) is 5.75 Å². The van der Waals surface area contributed by atoms with Gasteiger partial charge in [-0.25, -0.2) is 0 Å². The van der Waals surface area contributed by atoms with E-state index in [0.29, 0.717) is 0 Å². The molecular weight excluding hydrogens is 282 g/mol. The largest absolute Gasteiger partial charge is 0.494 e. The molecule has 3 rings (SSSR count). The molecule has 21 heavy (non-hydrogen) atoms. The lowest BCUT2D eigenvalue weighted by Gasteiger charge is -2.08. The minimum Gasteiger partial charge on any atom is -0.494 e. The van der Waals surface area contributed by atoms with Gasteiger partial charge in [-0.1, -0.05) is 36.7 Å². The Hall–Kier alpha value is -1.93.